The molecule has 1 aromatic carbocycles. The minimum atomic E-state index is -0.0140. The highest BCUT2D eigenvalue weighted by molar-refractivity contribution is 9.11. The van der Waals surface area contributed by atoms with Gasteiger partial charge >= 0.3 is 0 Å². The van der Waals surface area contributed by atoms with E-state index < -0.39 is 0 Å². The monoisotopic (exact) mass is 406 g/mol. The molecule has 0 aliphatic rings. The lowest BCUT2D eigenvalue weighted by molar-refractivity contribution is -0.133. The number of likely N-dealkylation sites (N-methyl/N-ethyl adjacent to an activating group) is 1. The van der Waals surface area contributed by atoms with Gasteiger partial charge in [0.2, 0.25) is 0 Å². The van der Waals surface area contributed by atoms with Gasteiger partial charge in [0.05, 0.1) is 8.95 Å². The number of rotatable bonds is 7. The third-order valence-corrected chi connectivity index (χ3v) is 4.13. The van der Waals surface area contributed by atoms with E-state index in [1.807, 2.05) is 26.0 Å². The predicted molar refractivity (Wildman–Crippen MR) is 88.0 cm³/mol. The van der Waals surface area contributed by atoms with Crippen molar-refractivity contribution >= 4 is 37.8 Å². The molecule has 2 N–H and O–H groups in total. The number of nitrogens with zero attached hydrogens (tertiary/aromatic N) is 1. The molecule has 0 aliphatic heterocycles. The number of carbonyl (C=O) groups is 1. The molecular formula is C14H20Br2N2O2. The zero-order chi connectivity index (χ0) is 15.1. The average molecular weight is 408 g/mol. The summed E-state index contributed by atoms with van der Waals surface area (Å²) in [7, 11) is 0. The largest absolute Gasteiger partial charge is 0.481 e. The average Bonchev–Trinajstić information content (AvgIpc) is 2.39. The van der Waals surface area contributed by atoms with Crippen LogP contribution in [0.4, 0.5) is 0 Å². The molecule has 0 fully saturated rings. The van der Waals surface area contributed by atoms with Crippen molar-refractivity contribution in [3.63, 3.8) is 0 Å². The van der Waals surface area contributed by atoms with E-state index in [-0.39, 0.29) is 12.5 Å². The van der Waals surface area contributed by atoms with Gasteiger partial charge in [-0.15, -0.1) is 0 Å². The Morgan fingerprint density at radius 2 is 1.80 bits per heavy atom. The Balaban J connectivity index is 2.76. The van der Waals surface area contributed by atoms with Crippen LogP contribution >= 0.6 is 31.9 Å². The van der Waals surface area contributed by atoms with Crippen LogP contribution in [0.25, 0.3) is 0 Å². The summed E-state index contributed by atoms with van der Waals surface area (Å²) in [6.45, 7) is 5.92. The standard InChI is InChI=1S/C14H20Br2N2O2/c1-3-18(4-2)13(19)9-20-14-11(15)7-10(5-6-17)8-12(14)16/h7-8H,3-6,9,17H2,1-2H3. The molecule has 0 unspecified atom stereocenters. The van der Waals surface area contributed by atoms with Crippen molar-refractivity contribution in [3.05, 3.63) is 26.6 Å². The molecule has 0 saturated carbocycles. The Hall–Kier alpha value is -0.590. The van der Waals surface area contributed by atoms with E-state index >= 15 is 0 Å². The molecule has 4 nitrogen and oxygen atoms in total. The summed E-state index contributed by atoms with van der Waals surface area (Å²) in [5.41, 5.74) is 6.67. The molecule has 0 aromatic heterocycles. The molecule has 0 heterocycles. The first-order valence-corrected chi connectivity index (χ1v) is 8.20. The van der Waals surface area contributed by atoms with E-state index in [0.29, 0.717) is 25.4 Å². The Bertz CT molecular complexity index is 439. The van der Waals surface area contributed by atoms with Gasteiger partial charge in [-0.1, -0.05) is 0 Å². The fourth-order valence-electron chi connectivity index (χ4n) is 1.86. The Kier molecular flexibility index (Phi) is 7.55. The molecule has 20 heavy (non-hydrogen) atoms. The van der Waals surface area contributed by atoms with Crippen molar-refractivity contribution in [3.8, 4) is 5.75 Å². The van der Waals surface area contributed by atoms with Gasteiger partial charge in [0.15, 0.2) is 6.61 Å². The van der Waals surface area contributed by atoms with Gasteiger partial charge in [-0.3, -0.25) is 4.79 Å². The van der Waals surface area contributed by atoms with Crippen LogP contribution in [-0.4, -0.2) is 37.0 Å². The third kappa shape index (κ3) is 4.75. The maximum Gasteiger partial charge on any atom is 0.260 e. The van der Waals surface area contributed by atoms with Crippen LogP contribution in [0.5, 0.6) is 5.75 Å². The summed E-state index contributed by atoms with van der Waals surface area (Å²) in [5.74, 6) is 0.631. The van der Waals surface area contributed by atoms with Gasteiger partial charge in [0.1, 0.15) is 5.75 Å². The van der Waals surface area contributed by atoms with E-state index in [0.717, 1.165) is 20.9 Å². The van der Waals surface area contributed by atoms with Gasteiger partial charge in [0.25, 0.3) is 5.91 Å². The Labute approximate surface area is 136 Å². The zero-order valence-electron chi connectivity index (χ0n) is 11.8. The van der Waals surface area contributed by atoms with Gasteiger partial charge < -0.3 is 15.4 Å². The van der Waals surface area contributed by atoms with E-state index in [1.165, 1.54) is 0 Å². The molecule has 0 aliphatic carbocycles. The fourth-order valence-corrected chi connectivity index (χ4v) is 3.37. The van der Waals surface area contributed by atoms with Crippen LogP contribution in [-0.2, 0) is 11.2 Å². The van der Waals surface area contributed by atoms with Crippen LogP contribution in [0, 0.1) is 0 Å². The number of hydrogen-bond acceptors (Lipinski definition) is 3. The van der Waals surface area contributed by atoms with Crippen molar-refractivity contribution in [1.29, 1.82) is 0 Å². The van der Waals surface area contributed by atoms with E-state index in [4.69, 9.17) is 10.5 Å². The maximum absolute atomic E-state index is 11.9. The summed E-state index contributed by atoms with van der Waals surface area (Å²) in [6, 6.07) is 3.93. The Morgan fingerprint density at radius 1 is 1.25 bits per heavy atom. The second kappa shape index (κ2) is 8.64. The molecule has 0 bridgehead atoms. The number of amides is 1. The topological polar surface area (TPSA) is 55.6 Å². The fraction of sp³-hybridized carbons (Fsp3) is 0.500. The second-order valence-corrected chi connectivity index (χ2v) is 5.99. The first-order chi connectivity index (χ1) is 9.53. The molecule has 1 amide bonds. The van der Waals surface area contributed by atoms with Crippen molar-refractivity contribution in [1.82, 2.24) is 4.90 Å². The highest BCUT2D eigenvalue weighted by atomic mass is 79.9. The highest BCUT2D eigenvalue weighted by Crippen LogP contribution is 2.34. The van der Waals surface area contributed by atoms with Crippen molar-refractivity contribution < 1.29 is 9.53 Å². The first-order valence-electron chi connectivity index (χ1n) is 6.62. The lowest BCUT2D eigenvalue weighted by Gasteiger charge is -2.19. The van der Waals surface area contributed by atoms with E-state index in [1.54, 1.807) is 4.90 Å². The highest BCUT2D eigenvalue weighted by Gasteiger charge is 2.14. The van der Waals surface area contributed by atoms with Crippen LogP contribution in [0.1, 0.15) is 19.4 Å². The maximum atomic E-state index is 11.9. The van der Waals surface area contributed by atoms with Crippen molar-refractivity contribution in [2.45, 2.75) is 20.3 Å². The normalized spacial score (nSPS) is 10.4. The van der Waals surface area contributed by atoms with Crippen LogP contribution in [0.15, 0.2) is 21.1 Å². The van der Waals surface area contributed by atoms with Gasteiger partial charge in [-0.25, -0.2) is 0 Å². The number of ether oxygens (including phenoxy) is 1. The lowest BCUT2D eigenvalue weighted by Crippen LogP contribution is -2.34. The zero-order valence-corrected chi connectivity index (χ0v) is 15.0. The van der Waals surface area contributed by atoms with E-state index in [9.17, 15) is 4.79 Å². The lowest BCUT2D eigenvalue weighted by atomic mass is 10.1. The van der Waals surface area contributed by atoms with E-state index in [2.05, 4.69) is 31.9 Å². The molecule has 1 aromatic rings. The molecule has 0 spiro atoms. The number of benzene rings is 1. The molecule has 0 radical (unpaired) electrons. The summed E-state index contributed by atoms with van der Waals surface area (Å²) in [6.07, 6.45) is 0.801. The van der Waals surface area contributed by atoms with Gasteiger partial charge in [0, 0.05) is 13.1 Å². The van der Waals surface area contributed by atoms with Crippen LogP contribution in [0.3, 0.4) is 0 Å². The number of nitrogens with two attached hydrogens (primary N) is 1. The molecule has 6 heteroatoms. The minimum absolute atomic E-state index is 0.0140. The van der Waals surface area contributed by atoms with Gasteiger partial charge in [-0.2, -0.15) is 0 Å². The van der Waals surface area contributed by atoms with Crippen molar-refractivity contribution in [2.24, 2.45) is 5.73 Å². The summed E-state index contributed by atoms with van der Waals surface area (Å²) in [4.78, 5) is 13.7. The smallest absolute Gasteiger partial charge is 0.260 e. The summed E-state index contributed by atoms with van der Waals surface area (Å²) < 4.78 is 7.27. The molecule has 1 rings (SSSR count). The first kappa shape index (κ1) is 17.5. The van der Waals surface area contributed by atoms with Crippen LogP contribution in [0.2, 0.25) is 0 Å². The molecule has 112 valence electrons. The number of carbonyl (C=O) groups excluding carboxylic acids is 1. The second-order valence-electron chi connectivity index (χ2n) is 4.28. The van der Waals surface area contributed by atoms with Crippen molar-refractivity contribution in [2.75, 3.05) is 26.2 Å². The number of halogens is 2. The molecular weight excluding hydrogens is 388 g/mol. The minimum Gasteiger partial charge on any atom is -0.481 e. The molecule has 0 atom stereocenters. The SMILES string of the molecule is CCN(CC)C(=O)COc1c(Br)cc(CCN)cc1Br. The predicted octanol–water partition coefficient (Wildman–Crippen LogP) is 2.96. The third-order valence-electron chi connectivity index (χ3n) is 2.95. The molecule has 0 saturated heterocycles. The van der Waals surface area contributed by atoms with Crippen LogP contribution < -0.4 is 10.5 Å². The number of hydrogen-bond donors (Lipinski definition) is 1. The summed E-state index contributed by atoms with van der Waals surface area (Å²) >= 11 is 6.94. The Morgan fingerprint density at radius 3 is 2.25 bits per heavy atom. The van der Waals surface area contributed by atoms with Gasteiger partial charge in [-0.05, 0) is 76.4 Å². The quantitative estimate of drug-likeness (QED) is 0.755. The summed E-state index contributed by atoms with van der Waals surface area (Å²) in [5, 5.41) is 0.